The molecular weight excluding hydrogens is 235 g/mol. The molecule has 96 valence electrons. The fraction of sp³-hybridized carbons (Fsp3) is 0.308. The predicted molar refractivity (Wildman–Crippen MR) is 64.7 cm³/mol. The average molecular weight is 250 g/mol. The number of benzene rings is 1. The van der Waals surface area contributed by atoms with Gasteiger partial charge in [0.15, 0.2) is 11.6 Å². The van der Waals surface area contributed by atoms with Crippen molar-refractivity contribution < 1.29 is 13.5 Å². The Kier molecular flexibility index (Phi) is 3.94. The van der Waals surface area contributed by atoms with Crippen LogP contribution in [0.4, 0.5) is 4.39 Å². The summed E-state index contributed by atoms with van der Waals surface area (Å²) < 4.78 is 23.6. The van der Waals surface area contributed by atoms with Gasteiger partial charge in [0.25, 0.3) is 0 Å². The van der Waals surface area contributed by atoms with Gasteiger partial charge in [-0.15, -0.1) is 0 Å². The van der Waals surface area contributed by atoms with Gasteiger partial charge in [-0.05, 0) is 24.6 Å². The molecule has 0 aliphatic carbocycles. The number of aromatic nitrogens is 1. The zero-order valence-electron chi connectivity index (χ0n) is 10.4. The number of hydrogen-bond donors (Lipinski definition) is 1. The average Bonchev–Trinajstić information content (AvgIpc) is 2.75. The first-order valence-corrected chi connectivity index (χ1v) is 5.63. The van der Waals surface area contributed by atoms with Crippen LogP contribution in [0.2, 0.25) is 0 Å². The molecule has 0 unspecified atom stereocenters. The van der Waals surface area contributed by atoms with Crippen molar-refractivity contribution in [3.8, 4) is 5.75 Å². The highest BCUT2D eigenvalue weighted by Gasteiger charge is 2.04. The number of oxazole rings is 1. The fourth-order valence-electron chi connectivity index (χ4n) is 1.62. The summed E-state index contributed by atoms with van der Waals surface area (Å²) in [5, 5.41) is 3.13. The third-order valence-corrected chi connectivity index (χ3v) is 2.49. The Morgan fingerprint density at radius 1 is 1.39 bits per heavy atom. The molecule has 0 bridgehead atoms. The van der Waals surface area contributed by atoms with E-state index in [-0.39, 0.29) is 11.6 Å². The van der Waals surface area contributed by atoms with Gasteiger partial charge in [-0.1, -0.05) is 6.07 Å². The number of methoxy groups -OCH3 is 1. The second-order valence-electron chi connectivity index (χ2n) is 3.94. The maximum Gasteiger partial charge on any atom is 0.208 e. The molecule has 5 heteroatoms. The molecule has 1 aromatic heterocycles. The molecule has 1 heterocycles. The van der Waals surface area contributed by atoms with Crippen LogP contribution in [0.25, 0.3) is 0 Å². The molecule has 2 rings (SSSR count). The molecule has 4 nitrogen and oxygen atoms in total. The van der Waals surface area contributed by atoms with Gasteiger partial charge in [0.2, 0.25) is 5.89 Å². The zero-order valence-corrected chi connectivity index (χ0v) is 10.4. The van der Waals surface area contributed by atoms with Crippen LogP contribution in [0.5, 0.6) is 5.75 Å². The molecule has 0 aliphatic rings. The van der Waals surface area contributed by atoms with Crippen molar-refractivity contribution >= 4 is 0 Å². The van der Waals surface area contributed by atoms with Crippen molar-refractivity contribution in [2.24, 2.45) is 0 Å². The lowest BCUT2D eigenvalue weighted by atomic mass is 10.2. The number of hydrogen-bond acceptors (Lipinski definition) is 4. The quantitative estimate of drug-likeness (QED) is 0.885. The lowest BCUT2D eigenvalue weighted by molar-refractivity contribution is 0.386. The maximum atomic E-state index is 13.4. The Bertz CT molecular complexity index is 525. The molecule has 0 spiro atoms. The van der Waals surface area contributed by atoms with Gasteiger partial charge in [-0.25, -0.2) is 9.37 Å². The van der Waals surface area contributed by atoms with E-state index in [2.05, 4.69) is 10.3 Å². The van der Waals surface area contributed by atoms with Crippen LogP contribution >= 0.6 is 0 Å². The molecule has 1 aromatic carbocycles. The molecule has 18 heavy (non-hydrogen) atoms. The Morgan fingerprint density at radius 3 is 2.83 bits per heavy atom. The number of rotatable bonds is 5. The third kappa shape index (κ3) is 3.07. The number of nitrogens with zero attached hydrogens (tertiary/aromatic N) is 1. The summed E-state index contributed by atoms with van der Waals surface area (Å²) in [6, 6.07) is 4.88. The van der Waals surface area contributed by atoms with Crippen molar-refractivity contribution in [3.63, 3.8) is 0 Å². The SMILES string of the molecule is COc1ccc(CNCc2ncc(C)o2)cc1F. The second kappa shape index (κ2) is 5.64. The van der Waals surface area contributed by atoms with Crippen LogP contribution in [0.15, 0.2) is 28.8 Å². The molecule has 0 saturated carbocycles. The fourth-order valence-corrected chi connectivity index (χ4v) is 1.62. The van der Waals surface area contributed by atoms with E-state index in [1.165, 1.54) is 13.2 Å². The van der Waals surface area contributed by atoms with E-state index in [9.17, 15) is 4.39 Å². The molecule has 2 aromatic rings. The van der Waals surface area contributed by atoms with Crippen LogP contribution in [0.1, 0.15) is 17.2 Å². The van der Waals surface area contributed by atoms with Gasteiger partial charge in [-0.2, -0.15) is 0 Å². The van der Waals surface area contributed by atoms with E-state index in [1.54, 1.807) is 12.3 Å². The van der Waals surface area contributed by atoms with Gasteiger partial charge in [0.05, 0.1) is 19.9 Å². The highest BCUT2D eigenvalue weighted by molar-refractivity contribution is 5.29. The van der Waals surface area contributed by atoms with E-state index < -0.39 is 0 Å². The van der Waals surface area contributed by atoms with Crippen molar-refractivity contribution in [2.75, 3.05) is 7.11 Å². The number of nitrogens with one attached hydrogen (secondary N) is 1. The molecule has 0 aliphatic heterocycles. The van der Waals surface area contributed by atoms with Crippen LogP contribution in [-0.4, -0.2) is 12.1 Å². The summed E-state index contributed by atoms with van der Waals surface area (Å²) in [7, 11) is 1.45. The van der Waals surface area contributed by atoms with Crippen molar-refractivity contribution in [3.05, 3.63) is 47.4 Å². The van der Waals surface area contributed by atoms with Crippen molar-refractivity contribution in [2.45, 2.75) is 20.0 Å². The van der Waals surface area contributed by atoms with Crippen LogP contribution in [-0.2, 0) is 13.1 Å². The molecule has 1 N–H and O–H groups in total. The largest absolute Gasteiger partial charge is 0.494 e. The summed E-state index contributed by atoms with van der Waals surface area (Å²) in [6.45, 7) is 2.90. The monoisotopic (exact) mass is 250 g/mol. The normalized spacial score (nSPS) is 10.6. The molecular formula is C13H15FN2O2. The molecule has 0 radical (unpaired) electrons. The Labute approximate surface area is 105 Å². The molecule has 0 fully saturated rings. The van der Waals surface area contributed by atoms with E-state index in [1.807, 2.05) is 13.0 Å². The number of halogens is 1. The van der Waals surface area contributed by atoms with E-state index in [4.69, 9.17) is 9.15 Å². The summed E-state index contributed by atoms with van der Waals surface area (Å²) in [5.41, 5.74) is 0.844. The molecule has 0 amide bonds. The predicted octanol–water partition coefficient (Wildman–Crippen LogP) is 2.42. The highest BCUT2D eigenvalue weighted by atomic mass is 19.1. The van der Waals surface area contributed by atoms with Crippen molar-refractivity contribution in [1.82, 2.24) is 10.3 Å². The summed E-state index contributed by atoms with van der Waals surface area (Å²) >= 11 is 0. The standard InChI is InChI=1S/C13H15FN2O2/c1-9-6-16-13(18-9)8-15-7-10-3-4-12(17-2)11(14)5-10/h3-6,15H,7-8H2,1-2H3. The minimum Gasteiger partial charge on any atom is -0.494 e. The topological polar surface area (TPSA) is 47.3 Å². The second-order valence-corrected chi connectivity index (χ2v) is 3.94. The summed E-state index contributed by atoms with van der Waals surface area (Å²) in [5.74, 6) is 1.30. The first-order chi connectivity index (χ1) is 8.69. The lowest BCUT2D eigenvalue weighted by Gasteiger charge is -2.05. The number of aryl methyl sites for hydroxylation is 1. The third-order valence-electron chi connectivity index (χ3n) is 2.49. The van der Waals surface area contributed by atoms with Gasteiger partial charge >= 0.3 is 0 Å². The number of ether oxygens (including phenoxy) is 1. The van der Waals surface area contributed by atoms with E-state index in [0.29, 0.717) is 19.0 Å². The van der Waals surface area contributed by atoms with Gasteiger partial charge in [0.1, 0.15) is 5.76 Å². The summed E-state index contributed by atoms with van der Waals surface area (Å²) in [6.07, 6.45) is 1.67. The zero-order chi connectivity index (χ0) is 13.0. The molecule has 0 saturated heterocycles. The minimum absolute atomic E-state index is 0.252. The maximum absolute atomic E-state index is 13.4. The highest BCUT2D eigenvalue weighted by Crippen LogP contribution is 2.17. The minimum atomic E-state index is -0.358. The van der Waals surface area contributed by atoms with Crippen LogP contribution in [0, 0.1) is 12.7 Å². The lowest BCUT2D eigenvalue weighted by Crippen LogP contribution is -2.13. The smallest absolute Gasteiger partial charge is 0.208 e. The Balaban J connectivity index is 1.88. The van der Waals surface area contributed by atoms with Crippen LogP contribution in [0.3, 0.4) is 0 Å². The van der Waals surface area contributed by atoms with Gasteiger partial charge < -0.3 is 14.5 Å². The van der Waals surface area contributed by atoms with E-state index in [0.717, 1.165) is 11.3 Å². The van der Waals surface area contributed by atoms with Gasteiger partial charge in [-0.3, -0.25) is 0 Å². The first-order valence-electron chi connectivity index (χ1n) is 5.63. The van der Waals surface area contributed by atoms with E-state index >= 15 is 0 Å². The van der Waals surface area contributed by atoms with Crippen LogP contribution < -0.4 is 10.1 Å². The molecule has 0 atom stereocenters. The Morgan fingerprint density at radius 2 is 2.22 bits per heavy atom. The first kappa shape index (κ1) is 12.6. The summed E-state index contributed by atoms with van der Waals surface area (Å²) in [4.78, 5) is 4.07. The van der Waals surface area contributed by atoms with Crippen molar-refractivity contribution in [1.29, 1.82) is 0 Å². The Hall–Kier alpha value is -1.88. The van der Waals surface area contributed by atoms with Gasteiger partial charge in [0, 0.05) is 6.54 Å².